The Balaban J connectivity index is 3.50. The van der Waals surface area contributed by atoms with Crippen molar-refractivity contribution in [1.82, 2.24) is 5.01 Å². The van der Waals surface area contributed by atoms with Crippen molar-refractivity contribution in [3.05, 3.63) is 0 Å². The molecular weight excluding hydrogens is 136 g/mol. The highest BCUT2D eigenvalue weighted by Crippen LogP contribution is 1.89. The first-order valence-corrected chi connectivity index (χ1v) is 4.54. The van der Waals surface area contributed by atoms with Gasteiger partial charge >= 0.3 is 0 Å². The average molecular weight is 150 g/mol. The van der Waals surface area contributed by atoms with Crippen molar-refractivity contribution >= 4 is 10.8 Å². The number of hydrazine groups is 1. The highest BCUT2D eigenvalue weighted by molar-refractivity contribution is 7.84. The second kappa shape index (κ2) is 3.98. The molecule has 0 fully saturated rings. The zero-order valence-electron chi connectivity index (χ0n) is 6.13. The van der Waals surface area contributed by atoms with Gasteiger partial charge in [-0.15, -0.1) is 0 Å². The monoisotopic (exact) mass is 150 g/mol. The lowest BCUT2D eigenvalue weighted by molar-refractivity contribution is 0.287. The molecule has 9 heavy (non-hydrogen) atoms. The largest absolute Gasteiger partial charge is 0.269 e. The molecule has 2 unspecified atom stereocenters. The summed E-state index contributed by atoms with van der Waals surface area (Å²) in [7, 11) is 1.04. The molecule has 0 aromatic carbocycles. The lowest BCUT2D eigenvalue weighted by Gasteiger charge is -2.17. The smallest absolute Gasteiger partial charge is 0.0399 e. The molecule has 0 aliphatic rings. The molecule has 0 spiro atoms. The van der Waals surface area contributed by atoms with E-state index in [2.05, 4.69) is 0 Å². The molecule has 0 aromatic heterocycles. The van der Waals surface area contributed by atoms with Crippen LogP contribution in [0.1, 0.15) is 6.92 Å². The molecule has 0 amide bonds. The fourth-order valence-electron chi connectivity index (χ4n) is 0.457. The first-order valence-electron chi connectivity index (χ1n) is 2.81. The van der Waals surface area contributed by atoms with Crippen LogP contribution < -0.4 is 5.84 Å². The molecule has 2 N–H and O–H groups in total. The van der Waals surface area contributed by atoms with Crippen LogP contribution in [0.4, 0.5) is 0 Å². The summed E-state index contributed by atoms with van der Waals surface area (Å²) in [6, 6.07) is 0.204. The molecular formula is C5H14N2OS. The van der Waals surface area contributed by atoms with Gasteiger partial charge in [-0.3, -0.25) is 10.1 Å². The Bertz CT molecular complexity index is 105. The maximum absolute atomic E-state index is 10.6. The fraction of sp³-hybridized carbons (Fsp3) is 1.00. The molecule has 0 aliphatic carbocycles. The Morgan fingerprint density at radius 1 is 1.78 bits per heavy atom. The summed E-state index contributed by atoms with van der Waals surface area (Å²) in [5.41, 5.74) is 0. The predicted molar refractivity (Wildman–Crippen MR) is 40.3 cm³/mol. The quantitative estimate of drug-likeness (QED) is 0.438. The minimum absolute atomic E-state index is 0.204. The van der Waals surface area contributed by atoms with E-state index in [0.29, 0.717) is 5.75 Å². The molecule has 0 saturated carbocycles. The first-order chi connectivity index (χ1) is 4.04. The van der Waals surface area contributed by atoms with Gasteiger partial charge in [0.1, 0.15) is 0 Å². The second-order valence-corrected chi connectivity index (χ2v) is 3.73. The molecule has 0 heterocycles. The van der Waals surface area contributed by atoms with Gasteiger partial charge in [-0.1, -0.05) is 0 Å². The third kappa shape index (κ3) is 4.57. The van der Waals surface area contributed by atoms with Gasteiger partial charge in [-0.25, -0.2) is 5.01 Å². The fourth-order valence-corrected chi connectivity index (χ4v) is 1.37. The standard InChI is InChI=1S/C5H14N2OS/c1-5(7(2)6)4-9(3)8/h5H,4,6H2,1-3H3. The van der Waals surface area contributed by atoms with Crippen LogP contribution in [0.25, 0.3) is 0 Å². The van der Waals surface area contributed by atoms with E-state index in [1.54, 1.807) is 18.3 Å². The Kier molecular flexibility index (Phi) is 4.01. The zero-order valence-corrected chi connectivity index (χ0v) is 6.94. The Morgan fingerprint density at radius 2 is 2.22 bits per heavy atom. The van der Waals surface area contributed by atoms with Crippen molar-refractivity contribution in [3.63, 3.8) is 0 Å². The number of nitrogens with zero attached hydrogens (tertiary/aromatic N) is 1. The molecule has 0 aliphatic heterocycles. The highest BCUT2D eigenvalue weighted by atomic mass is 32.2. The molecule has 0 radical (unpaired) electrons. The van der Waals surface area contributed by atoms with E-state index in [9.17, 15) is 4.21 Å². The van der Waals surface area contributed by atoms with E-state index in [0.717, 1.165) is 0 Å². The minimum atomic E-state index is -0.738. The molecule has 0 saturated heterocycles. The molecule has 2 atom stereocenters. The molecule has 56 valence electrons. The van der Waals surface area contributed by atoms with Crippen molar-refractivity contribution in [2.24, 2.45) is 5.84 Å². The second-order valence-electron chi connectivity index (χ2n) is 2.25. The van der Waals surface area contributed by atoms with Gasteiger partial charge in [0.25, 0.3) is 0 Å². The summed E-state index contributed by atoms with van der Waals surface area (Å²) in [6.45, 7) is 1.95. The summed E-state index contributed by atoms with van der Waals surface area (Å²) in [5, 5.41) is 1.57. The third-order valence-corrected chi connectivity index (χ3v) is 2.12. The summed E-state index contributed by atoms with van der Waals surface area (Å²) in [6.07, 6.45) is 1.68. The lowest BCUT2D eigenvalue weighted by atomic mass is 10.4. The normalized spacial score (nSPS) is 17.9. The van der Waals surface area contributed by atoms with E-state index in [1.165, 1.54) is 0 Å². The Hall–Kier alpha value is 0.0700. The van der Waals surface area contributed by atoms with Gasteiger partial charge in [-0.05, 0) is 6.92 Å². The van der Waals surface area contributed by atoms with Crippen molar-refractivity contribution in [3.8, 4) is 0 Å². The van der Waals surface area contributed by atoms with Crippen LogP contribution >= 0.6 is 0 Å². The van der Waals surface area contributed by atoms with Crippen LogP contribution in [0.3, 0.4) is 0 Å². The topological polar surface area (TPSA) is 46.3 Å². The van der Waals surface area contributed by atoms with Crippen LogP contribution in [0, 0.1) is 0 Å². The van der Waals surface area contributed by atoms with E-state index in [1.807, 2.05) is 6.92 Å². The van der Waals surface area contributed by atoms with Crippen molar-refractivity contribution in [2.45, 2.75) is 13.0 Å². The third-order valence-electron chi connectivity index (χ3n) is 1.17. The van der Waals surface area contributed by atoms with Crippen molar-refractivity contribution in [2.75, 3.05) is 19.1 Å². The number of nitrogens with two attached hydrogens (primary N) is 1. The van der Waals surface area contributed by atoms with E-state index < -0.39 is 10.8 Å². The summed E-state index contributed by atoms with van der Waals surface area (Å²) < 4.78 is 10.6. The van der Waals surface area contributed by atoms with Gasteiger partial charge < -0.3 is 0 Å². The molecule has 4 heteroatoms. The molecule has 0 bridgehead atoms. The van der Waals surface area contributed by atoms with Crippen LogP contribution in [0.15, 0.2) is 0 Å². The maximum Gasteiger partial charge on any atom is 0.0399 e. The van der Waals surface area contributed by atoms with Gasteiger partial charge in [0.05, 0.1) is 0 Å². The van der Waals surface area contributed by atoms with Crippen LogP contribution in [-0.4, -0.2) is 34.3 Å². The lowest BCUT2D eigenvalue weighted by Crippen LogP contribution is -2.38. The number of rotatable bonds is 3. The van der Waals surface area contributed by atoms with Crippen molar-refractivity contribution < 1.29 is 4.21 Å². The zero-order chi connectivity index (χ0) is 7.44. The van der Waals surface area contributed by atoms with Crippen LogP contribution in [-0.2, 0) is 10.8 Å². The maximum atomic E-state index is 10.6. The minimum Gasteiger partial charge on any atom is -0.269 e. The first kappa shape index (κ1) is 9.07. The number of hydrogen-bond acceptors (Lipinski definition) is 3. The van der Waals surface area contributed by atoms with Gasteiger partial charge in [0.2, 0.25) is 0 Å². The van der Waals surface area contributed by atoms with Gasteiger partial charge in [0.15, 0.2) is 0 Å². The average Bonchev–Trinajstić information content (AvgIpc) is 1.63. The van der Waals surface area contributed by atoms with E-state index in [4.69, 9.17) is 5.84 Å². The Morgan fingerprint density at radius 3 is 2.33 bits per heavy atom. The SMILES string of the molecule is CC(CS(C)=O)N(C)N. The van der Waals surface area contributed by atoms with Gasteiger partial charge in [0, 0.05) is 35.9 Å². The van der Waals surface area contributed by atoms with E-state index in [-0.39, 0.29) is 6.04 Å². The van der Waals surface area contributed by atoms with Crippen LogP contribution in [0.2, 0.25) is 0 Å². The molecule has 0 aromatic rings. The number of hydrogen-bond donors (Lipinski definition) is 1. The predicted octanol–water partition coefficient (Wildman–Crippen LogP) is -0.441. The van der Waals surface area contributed by atoms with Gasteiger partial charge in [-0.2, -0.15) is 0 Å². The highest BCUT2D eigenvalue weighted by Gasteiger charge is 2.05. The summed E-state index contributed by atoms with van der Waals surface area (Å²) in [4.78, 5) is 0. The van der Waals surface area contributed by atoms with E-state index >= 15 is 0 Å². The van der Waals surface area contributed by atoms with Crippen LogP contribution in [0.5, 0.6) is 0 Å². The molecule has 3 nitrogen and oxygen atoms in total. The van der Waals surface area contributed by atoms with Crippen molar-refractivity contribution in [1.29, 1.82) is 0 Å². The Labute approximate surface area is 58.6 Å². The molecule has 0 rings (SSSR count). The summed E-state index contributed by atoms with van der Waals surface area (Å²) >= 11 is 0. The summed E-state index contributed by atoms with van der Waals surface area (Å²) in [5.74, 6) is 6.03.